The number of rotatable bonds is 10. The minimum absolute atomic E-state index is 0.0163. The van der Waals surface area contributed by atoms with Crippen molar-refractivity contribution in [1.29, 1.82) is 0 Å². The molecule has 1 heterocycles. The van der Waals surface area contributed by atoms with Crippen LogP contribution in [-0.2, 0) is 14.3 Å². The highest BCUT2D eigenvalue weighted by atomic mass is 16.6. The van der Waals surface area contributed by atoms with E-state index in [-0.39, 0.29) is 81.5 Å². The molecule has 8 nitrogen and oxygen atoms in total. The Labute approximate surface area is 339 Å². The van der Waals surface area contributed by atoms with Gasteiger partial charge < -0.3 is 30.5 Å². The van der Waals surface area contributed by atoms with Crippen LogP contribution in [0.3, 0.4) is 0 Å². The molecule has 8 rings (SSSR count). The van der Waals surface area contributed by atoms with Crippen LogP contribution >= 0.6 is 0 Å². The number of benzene rings is 2. The van der Waals surface area contributed by atoms with Crippen molar-refractivity contribution < 1.29 is 34.8 Å². The molecule has 5 N–H and O–H groups in total. The normalized spacial score (nSPS) is 41.3. The molecular formula is C49H67NO7. The van der Waals surface area contributed by atoms with Gasteiger partial charge in [-0.05, 0) is 140 Å². The van der Waals surface area contributed by atoms with Crippen LogP contribution in [0.1, 0.15) is 136 Å². The fourth-order valence-corrected chi connectivity index (χ4v) is 14.8. The summed E-state index contributed by atoms with van der Waals surface area (Å²) in [6.07, 6.45) is 5.72. The zero-order valence-electron chi connectivity index (χ0n) is 35.5. The Bertz CT molecular complexity index is 1950. The largest absolute Gasteiger partial charge is 0.508 e. The predicted molar refractivity (Wildman–Crippen MR) is 221 cm³/mol. The number of carbonyl (C=O) groups excluding carboxylic acids is 2. The van der Waals surface area contributed by atoms with E-state index < -0.39 is 28.6 Å². The molecule has 1 aliphatic heterocycles. The predicted octanol–water partition coefficient (Wildman–Crippen LogP) is 8.37. The lowest BCUT2D eigenvalue weighted by Crippen LogP contribution is -2.69. The molecule has 6 aliphatic rings. The van der Waals surface area contributed by atoms with E-state index in [2.05, 4.69) is 59.8 Å². The van der Waals surface area contributed by atoms with E-state index in [0.717, 1.165) is 55.2 Å². The van der Waals surface area contributed by atoms with E-state index in [0.29, 0.717) is 25.8 Å². The smallest absolute Gasteiger partial charge is 0.159 e. The van der Waals surface area contributed by atoms with Crippen LogP contribution in [0.25, 0.3) is 0 Å². The molecule has 14 atom stereocenters. The number of phenolic OH excluding ortho intramolecular Hbond substituents is 2. The molecule has 0 unspecified atom stereocenters. The summed E-state index contributed by atoms with van der Waals surface area (Å²) >= 11 is 0. The van der Waals surface area contributed by atoms with Crippen molar-refractivity contribution in [3.05, 3.63) is 70.8 Å². The van der Waals surface area contributed by atoms with Gasteiger partial charge in [-0.1, -0.05) is 77.8 Å². The van der Waals surface area contributed by atoms with Gasteiger partial charge in [0.2, 0.25) is 0 Å². The van der Waals surface area contributed by atoms with Crippen molar-refractivity contribution >= 4 is 11.6 Å². The van der Waals surface area contributed by atoms with Gasteiger partial charge in [0.1, 0.15) is 23.4 Å². The van der Waals surface area contributed by atoms with Crippen LogP contribution in [0.15, 0.2) is 59.7 Å². The number of hydrogen-bond acceptors (Lipinski definition) is 8. The van der Waals surface area contributed by atoms with Crippen molar-refractivity contribution in [2.75, 3.05) is 6.54 Å². The Morgan fingerprint density at radius 1 is 0.877 bits per heavy atom. The lowest BCUT2D eigenvalue weighted by molar-refractivity contribution is -0.193. The number of Topliss-reactive ketones (excluding diaryl/α,β-unsaturated/α-hetero) is 2. The number of ketones is 2. The number of fused-ring (bicyclic) bond motifs is 5. The summed E-state index contributed by atoms with van der Waals surface area (Å²) in [6, 6.07) is 14.7. The maximum absolute atomic E-state index is 14.6. The van der Waals surface area contributed by atoms with E-state index in [9.17, 15) is 30.0 Å². The van der Waals surface area contributed by atoms with Crippen molar-refractivity contribution in [2.45, 2.75) is 155 Å². The summed E-state index contributed by atoms with van der Waals surface area (Å²) in [5.74, 6) is 1.15. The van der Waals surface area contributed by atoms with Crippen molar-refractivity contribution in [1.82, 2.24) is 5.32 Å². The van der Waals surface area contributed by atoms with Gasteiger partial charge in [0.25, 0.3) is 0 Å². The first-order valence-electron chi connectivity index (χ1n) is 21.9. The fourth-order valence-electron chi connectivity index (χ4n) is 14.8. The van der Waals surface area contributed by atoms with Gasteiger partial charge >= 0.3 is 0 Å². The third-order valence-corrected chi connectivity index (χ3v) is 17.3. The average molecular weight is 782 g/mol. The highest BCUT2D eigenvalue weighted by molar-refractivity contribution is 6.00. The molecule has 0 radical (unpaired) electrons. The number of nitrogens with one attached hydrogen (secondary N) is 1. The maximum Gasteiger partial charge on any atom is 0.159 e. The van der Waals surface area contributed by atoms with Crippen LogP contribution in [-0.4, -0.2) is 68.5 Å². The van der Waals surface area contributed by atoms with Crippen molar-refractivity contribution in [3.63, 3.8) is 0 Å². The number of carbonyl (C=O) groups is 2. The second kappa shape index (κ2) is 14.0. The van der Waals surface area contributed by atoms with Crippen molar-refractivity contribution in [3.8, 4) is 11.5 Å². The fraction of sp³-hybridized carbons (Fsp3) is 0.673. The molecule has 2 aromatic carbocycles. The van der Waals surface area contributed by atoms with Gasteiger partial charge in [0, 0.05) is 35.8 Å². The summed E-state index contributed by atoms with van der Waals surface area (Å²) in [5, 5.41) is 46.8. The topological polar surface area (TPSA) is 140 Å². The van der Waals surface area contributed by atoms with Crippen molar-refractivity contribution in [2.24, 2.45) is 45.3 Å². The Balaban J connectivity index is 1.09. The number of ether oxygens (including phenoxy) is 1. The molecule has 1 saturated heterocycles. The summed E-state index contributed by atoms with van der Waals surface area (Å²) < 4.78 is 6.44. The molecule has 0 bridgehead atoms. The zero-order chi connectivity index (χ0) is 41.0. The van der Waals surface area contributed by atoms with E-state index >= 15 is 0 Å². The summed E-state index contributed by atoms with van der Waals surface area (Å²) in [6.45, 7) is 17.8. The van der Waals surface area contributed by atoms with E-state index in [1.54, 1.807) is 25.1 Å². The third-order valence-electron chi connectivity index (χ3n) is 17.3. The lowest BCUT2D eigenvalue weighted by Gasteiger charge is -2.70. The first-order chi connectivity index (χ1) is 26.8. The van der Waals surface area contributed by atoms with E-state index in [1.165, 1.54) is 5.57 Å². The first-order valence-corrected chi connectivity index (χ1v) is 21.9. The molecule has 4 saturated carbocycles. The molecule has 0 spiro atoms. The molecule has 0 aromatic heterocycles. The average Bonchev–Trinajstić information content (AvgIpc) is 3.43. The number of aliphatic hydroxyl groups excluding tert-OH is 2. The quantitative estimate of drug-likeness (QED) is 0.152. The van der Waals surface area contributed by atoms with Crippen LogP contribution in [0, 0.1) is 45.3 Å². The van der Waals surface area contributed by atoms with Gasteiger partial charge in [-0.15, -0.1) is 0 Å². The molecule has 5 aliphatic carbocycles. The lowest BCUT2D eigenvalue weighted by atomic mass is 9.34. The standard InChI is InChI=1S/C49H67NO7/c1-27(20-38(54)44-49(8,57-44)35-17-11-16-33(35)29-12-9-14-31(52)21-29)41-36-18-19-40-46(5)23-34(30-13-10-15-32(53)22-30)43(56)45(3,4)42(46)37(50-26-28(2)51)24-48(40,7)47(36,6)25-39(41)55/h9-10,12-15,21-22,27-28,33-35,37-38,40,42,44,50-54H,11,16-20,23-26H2,1-8H3/t27-,28+,33-,34-,35+,37+,38-,40+,42+,44+,46-,47+,48+,49-/m1/s1. The number of allylic oxidation sites excluding steroid dienone is 2. The highest BCUT2D eigenvalue weighted by Gasteiger charge is 2.71. The monoisotopic (exact) mass is 781 g/mol. The summed E-state index contributed by atoms with van der Waals surface area (Å²) in [4.78, 5) is 29.1. The molecule has 57 heavy (non-hydrogen) atoms. The molecule has 5 fully saturated rings. The SMILES string of the molecule is C[C@H](O)CN[C@H]1C[C@@]2(C)[C@@H](CCC3=C([C@H](C)C[C@@H](O)[C@@H]4O[C@]4(C)[C@H]4CCC[C@@H]4c4cccc(O)c4)C(=O)C[C@@]32C)[C@@]2(C)C[C@H](c3cccc(O)c3)C(=O)C(C)(C)[C@H]12. The molecule has 310 valence electrons. The first kappa shape index (κ1) is 40.7. The van der Waals surface area contributed by atoms with Gasteiger partial charge in [0.05, 0.1) is 17.8 Å². The third kappa shape index (κ3) is 6.28. The Morgan fingerprint density at radius 3 is 2.21 bits per heavy atom. The van der Waals surface area contributed by atoms with E-state index in [4.69, 9.17) is 4.74 Å². The molecular weight excluding hydrogens is 715 g/mol. The summed E-state index contributed by atoms with van der Waals surface area (Å²) in [7, 11) is 0. The Morgan fingerprint density at radius 2 is 1.54 bits per heavy atom. The molecule has 2 aromatic rings. The minimum atomic E-state index is -0.699. The van der Waals surface area contributed by atoms with Gasteiger partial charge in [-0.3, -0.25) is 9.59 Å². The number of epoxide rings is 1. The van der Waals surface area contributed by atoms with Gasteiger partial charge in [0.15, 0.2) is 5.78 Å². The Hall–Kier alpha value is -3.04. The van der Waals surface area contributed by atoms with Gasteiger partial charge in [-0.2, -0.15) is 0 Å². The van der Waals surface area contributed by atoms with Gasteiger partial charge in [-0.25, -0.2) is 0 Å². The number of phenols is 2. The molecule has 8 heteroatoms. The molecule has 0 amide bonds. The van der Waals surface area contributed by atoms with Crippen LogP contribution in [0.5, 0.6) is 11.5 Å². The Kier molecular flexibility index (Phi) is 10.0. The van der Waals surface area contributed by atoms with E-state index in [1.807, 2.05) is 24.3 Å². The number of aliphatic hydroxyl groups is 2. The van der Waals surface area contributed by atoms with Crippen LogP contribution < -0.4 is 5.32 Å². The van der Waals surface area contributed by atoms with Crippen LogP contribution in [0.2, 0.25) is 0 Å². The second-order valence-corrected chi connectivity index (χ2v) is 21.0. The second-order valence-electron chi connectivity index (χ2n) is 21.0. The highest BCUT2D eigenvalue weighted by Crippen LogP contribution is 2.75. The van der Waals surface area contributed by atoms with Crippen LogP contribution in [0.4, 0.5) is 0 Å². The maximum atomic E-state index is 14.6. The zero-order valence-corrected chi connectivity index (χ0v) is 35.5. The summed E-state index contributed by atoms with van der Waals surface area (Å²) in [5.41, 5.74) is 2.11. The minimum Gasteiger partial charge on any atom is -0.508 e. The number of hydrogen-bond donors (Lipinski definition) is 5. The number of aromatic hydroxyl groups is 2.